The van der Waals surface area contributed by atoms with Crippen LogP contribution in [0.5, 0.6) is 0 Å². The van der Waals surface area contributed by atoms with Crippen molar-refractivity contribution in [1.29, 1.82) is 0 Å². The molecule has 0 radical (unpaired) electrons. The normalized spacial score (nSPS) is 13.8. The molecule has 1 unspecified atom stereocenters. The number of aromatic nitrogens is 1. The van der Waals surface area contributed by atoms with Crippen molar-refractivity contribution < 1.29 is 4.39 Å². The van der Waals surface area contributed by atoms with Gasteiger partial charge in [-0.15, -0.1) is 0 Å². The van der Waals surface area contributed by atoms with Gasteiger partial charge in [-0.05, 0) is 32.0 Å². The molecule has 0 aliphatic carbocycles. The Morgan fingerprint density at radius 2 is 1.85 bits per heavy atom. The van der Waals surface area contributed by atoms with Gasteiger partial charge in [0, 0.05) is 18.7 Å². The second-order valence-corrected chi connectivity index (χ2v) is 5.04. The van der Waals surface area contributed by atoms with Crippen LogP contribution in [0.4, 0.5) is 10.1 Å². The van der Waals surface area contributed by atoms with E-state index in [-0.39, 0.29) is 17.9 Å². The topological polar surface area (TPSA) is 42.1 Å². The summed E-state index contributed by atoms with van der Waals surface area (Å²) in [6.45, 7) is 3.87. The molecule has 0 spiro atoms. The molecule has 0 amide bonds. The number of rotatable bonds is 4. The lowest BCUT2D eigenvalue weighted by Gasteiger charge is -2.27. The highest BCUT2D eigenvalue weighted by Crippen LogP contribution is 2.26. The smallest absolute Gasteiger partial charge is 0.128 e. The van der Waals surface area contributed by atoms with Crippen molar-refractivity contribution >= 4 is 5.69 Å². The van der Waals surface area contributed by atoms with Crippen molar-refractivity contribution in [2.75, 3.05) is 11.9 Å². The number of anilines is 1. The highest BCUT2D eigenvalue weighted by molar-refractivity contribution is 5.46. The molecule has 3 nitrogen and oxygen atoms in total. The van der Waals surface area contributed by atoms with Crippen LogP contribution in [0, 0.1) is 5.82 Å². The van der Waals surface area contributed by atoms with Crippen LogP contribution in [0.1, 0.15) is 37.2 Å². The summed E-state index contributed by atoms with van der Waals surface area (Å²) >= 11 is 0. The molecule has 0 saturated carbocycles. The number of nitrogens with two attached hydrogens (primary N) is 1. The zero-order valence-corrected chi connectivity index (χ0v) is 12.0. The Balaban J connectivity index is 2.22. The fourth-order valence-corrected chi connectivity index (χ4v) is 2.12. The summed E-state index contributed by atoms with van der Waals surface area (Å²) in [6.07, 6.45) is 1.77. The fourth-order valence-electron chi connectivity index (χ4n) is 2.12. The Kier molecular flexibility index (Phi) is 4.35. The van der Waals surface area contributed by atoms with Gasteiger partial charge in [0.1, 0.15) is 5.82 Å². The van der Waals surface area contributed by atoms with Crippen molar-refractivity contribution in [3.8, 4) is 0 Å². The van der Waals surface area contributed by atoms with Crippen LogP contribution in [-0.2, 0) is 0 Å². The minimum absolute atomic E-state index is 0.0702. The monoisotopic (exact) mass is 273 g/mol. The molecular formula is C16H20FN3. The van der Waals surface area contributed by atoms with Crippen molar-refractivity contribution in [2.45, 2.75) is 25.9 Å². The molecule has 2 atom stereocenters. The van der Waals surface area contributed by atoms with Crippen molar-refractivity contribution in [1.82, 2.24) is 4.98 Å². The average Bonchev–Trinajstić information content (AvgIpc) is 2.46. The lowest BCUT2D eigenvalue weighted by atomic mass is 10.1. The summed E-state index contributed by atoms with van der Waals surface area (Å²) in [5.74, 6) is -0.188. The van der Waals surface area contributed by atoms with E-state index in [0.29, 0.717) is 5.56 Å². The highest BCUT2D eigenvalue weighted by Gasteiger charge is 2.16. The van der Waals surface area contributed by atoms with E-state index in [4.69, 9.17) is 5.73 Å². The summed E-state index contributed by atoms with van der Waals surface area (Å²) in [4.78, 5) is 6.33. The van der Waals surface area contributed by atoms with Gasteiger partial charge in [-0.3, -0.25) is 4.98 Å². The number of hydrogen-bond donors (Lipinski definition) is 1. The van der Waals surface area contributed by atoms with Gasteiger partial charge in [0.15, 0.2) is 0 Å². The quantitative estimate of drug-likeness (QED) is 0.928. The molecule has 2 N–H and O–H groups in total. The number of pyridine rings is 1. The second kappa shape index (κ2) is 6.01. The van der Waals surface area contributed by atoms with E-state index in [2.05, 4.69) is 4.98 Å². The van der Waals surface area contributed by atoms with E-state index < -0.39 is 0 Å². The summed E-state index contributed by atoms with van der Waals surface area (Å²) in [7, 11) is 1.93. The molecule has 0 saturated heterocycles. The van der Waals surface area contributed by atoms with Crippen LogP contribution in [-0.4, -0.2) is 12.0 Å². The third kappa shape index (κ3) is 2.96. The van der Waals surface area contributed by atoms with E-state index in [1.165, 1.54) is 6.07 Å². The first kappa shape index (κ1) is 14.5. The van der Waals surface area contributed by atoms with E-state index in [1.54, 1.807) is 18.3 Å². The Hall–Kier alpha value is -1.94. The molecule has 1 aromatic carbocycles. The molecule has 0 aliphatic rings. The Bertz CT molecular complexity index is 566. The van der Waals surface area contributed by atoms with Gasteiger partial charge >= 0.3 is 0 Å². The Morgan fingerprint density at radius 3 is 2.40 bits per heavy atom. The van der Waals surface area contributed by atoms with Gasteiger partial charge in [0.2, 0.25) is 0 Å². The summed E-state index contributed by atoms with van der Waals surface area (Å²) in [6, 6.07) is 10.5. The standard InChI is InChI=1S/C16H20FN3/c1-11(18)16-9-8-13(10-19-16)20(3)12(2)14-6-4-5-7-15(14)17/h4-12H,18H2,1-3H3/t11-,12?/m1/s1. The first-order chi connectivity index (χ1) is 9.50. The van der Waals surface area contributed by atoms with Crippen molar-refractivity contribution in [2.24, 2.45) is 5.73 Å². The molecule has 4 heteroatoms. The van der Waals surface area contributed by atoms with Crippen molar-refractivity contribution in [3.05, 3.63) is 59.7 Å². The largest absolute Gasteiger partial charge is 0.366 e. The third-order valence-corrected chi connectivity index (χ3v) is 3.58. The van der Waals surface area contributed by atoms with E-state index >= 15 is 0 Å². The molecule has 0 aliphatic heterocycles. The maximum Gasteiger partial charge on any atom is 0.128 e. The zero-order valence-electron chi connectivity index (χ0n) is 12.0. The lowest BCUT2D eigenvalue weighted by molar-refractivity contribution is 0.585. The third-order valence-electron chi connectivity index (χ3n) is 3.58. The van der Waals surface area contributed by atoms with E-state index in [1.807, 2.05) is 44.0 Å². The van der Waals surface area contributed by atoms with Gasteiger partial charge in [0.25, 0.3) is 0 Å². The SMILES string of the molecule is CC(c1ccccc1F)N(C)c1ccc([C@@H](C)N)nc1. The molecule has 1 aromatic heterocycles. The fraction of sp³-hybridized carbons (Fsp3) is 0.312. The average molecular weight is 273 g/mol. The summed E-state index contributed by atoms with van der Waals surface area (Å²) in [5.41, 5.74) is 8.24. The first-order valence-electron chi connectivity index (χ1n) is 6.69. The number of nitrogens with zero attached hydrogens (tertiary/aromatic N) is 2. The van der Waals surface area contributed by atoms with Crippen LogP contribution in [0.15, 0.2) is 42.6 Å². The van der Waals surface area contributed by atoms with Crippen LogP contribution in [0.3, 0.4) is 0 Å². The van der Waals surface area contributed by atoms with Crippen LogP contribution in [0.2, 0.25) is 0 Å². The first-order valence-corrected chi connectivity index (χ1v) is 6.69. The maximum atomic E-state index is 13.8. The van der Waals surface area contributed by atoms with Gasteiger partial charge < -0.3 is 10.6 Å². The van der Waals surface area contributed by atoms with Crippen LogP contribution in [0.25, 0.3) is 0 Å². The Morgan fingerprint density at radius 1 is 1.15 bits per heavy atom. The molecule has 2 aromatic rings. The highest BCUT2D eigenvalue weighted by atomic mass is 19.1. The summed E-state index contributed by atoms with van der Waals surface area (Å²) in [5, 5.41) is 0. The molecule has 0 bridgehead atoms. The van der Waals surface area contributed by atoms with Crippen LogP contribution < -0.4 is 10.6 Å². The molecule has 1 heterocycles. The molecule has 0 fully saturated rings. The molecule has 2 rings (SSSR count). The minimum atomic E-state index is -0.188. The maximum absolute atomic E-state index is 13.8. The van der Waals surface area contributed by atoms with Gasteiger partial charge in [-0.1, -0.05) is 18.2 Å². The zero-order chi connectivity index (χ0) is 14.7. The molecule has 106 valence electrons. The number of benzene rings is 1. The minimum Gasteiger partial charge on any atom is -0.366 e. The number of halogens is 1. The predicted octanol–water partition coefficient (Wildman–Crippen LogP) is 3.44. The summed E-state index contributed by atoms with van der Waals surface area (Å²) < 4.78 is 13.8. The molecular weight excluding hydrogens is 253 g/mol. The van der Waals surface area contributed by atoms with Gasteiger partial charge in [0.05, 0.1) is 23.6 Å². The van der Waals surface area contributed by atoms with E-state index in [0.717, 1.165) is 11.4 Å². The second-order valence-electron chi connectivity index (χ2n) is 5.04. The van der Waals surface area contributed by atoms with Crippen LogP contribution >= 0.6 is 0 Å². The van der Waals surface area contributed by atoms with E-state index in [9.17, 15) is 4.39 Å². The Labute approximate surface area is 119 Å². The predicted molar refractivity (Wildman–Crippen MR) is 80.1 cm³/mol. The van der Waals surface area contributed by atoms with Crippen molar-refractivity contribution in [3.63, 3.8) is 0 Å². The lowest BCUT2D eigenvalue weighted by Crippen LogP contribution is -2.22. The molecule has 20 heavy (non-hydrogen) atoms. The van der Waals surface area contributed by atoms with Gasteiger partial charge in [-0.25, -0.2) is 4.39 Å². The van der Waals surface area contributed by atoms with Gasteiger partial charge in [-0.2, -0.15) is 0 Å². The number of hydrogen-bond acceptors (Lipinski definition) is 3.